The Hall–Kier alpha value is -2.96. The topological polar surface area (TPSA) is 58.6 Å². The van der Waals surface area contributed by atoms with Gasteiger partial charge < -0.3 is 15.0 Å². The predicted molar refractivity (Wildman–Crippen MR) is 113 cm³/mol. The van der Waals surface area contributed by atoms with Crippen molar-refractivity contribution >= 4 is 28.8 Å². The molecule has 0 saturated carbocycles. The molecule has 1 aliphatic carbocycles. The third-order valence-corrected chi connectivity index (χ3v) is 6.33. The second-order valence-electron chi connectivity index (χ2n) is 7.33. The molecule has 1 saturated heterocycles. The Bertz CT molecular complexity index is 1080. The molecule has 5 rings (SSSR count). The van der Waals surface area contributed by atoms with Crippen molar-refractivity contribution in [1.29, 1.82) is 0 Å². The molecule has 5 nitrogen and oxygen atoms in total. The van der Waals surface area contributed by atoms with Gasteiger partial charge in [-0.1, -0.05) is 36.4 Å². The van der Waals surface area contributed by atoms with Crippen molar-refractivity contribution in [3.8, 4) is 11.1 Å². The number of amides is 2. The number of ether oxygens (including phenoxy) is 1. The Balaban J connectivity index is 1.34. The zero-order valence-electron chi connectivity index (χ0n) is 15.8. The molecule has 0 radical (unpaired) electrons. The highest BCUT2D eigenvalue weighted by molar-refractivity contribution is 7.09. The van der Waals surface area contributed by atoms with Crippen LogP contribution in [0.4, 0.5) is 5.69 Å². The highest BCUT2D eigenvalue weighted by atomic mass is 32.1. The van der Waals surface area contributed by atoms with Gasteiger partial charge in [-0.25, -0.2) is 0 Å². The Morgan fingerprint density at radius 3 is 2.83 bits per heavy atom. The number of rotatable bonds is 4. The van der Waals surface area contributed by atoms with Crippen LogP contribution < -0.4 is 5.32 Å². The van der Waals surface area contributed by atoms with Gasteiger partial charge in [0.1, 0.15) is 12.6 Å². The van der Waals surface area contributed by atoms with E-state index in [1.165, 1.54) is 22.3 Å². The van der Waals surface area contributed by atoms with E-state index in [0.29, 0.717) is 6.54 Å². The monoisotopic (exact) mass is 404 g/mol. The average Bonchev–Trinajstić information content (AvgIpc) is 3.36. The van der Waals surface area contributed by atoms with Gasteiger partial charge in [0.05, 0.1) is 13.2 Å². The molecule has 6 heteroatoms. The summed E-state index contributed by atoms with van der Waals surface area (Å²) in [5.41, 5.74) is 5.73. The lowest BCUT2D eigenvalue weighted by Crippen LogP contribution is -2.54. The van der Waals surface area contributed by atoms with E-state index < -0.39 is 6.04 Å². The van der Waals surface area contributed by atoms with Crippen LogP contribution in [0, 0.1) is 0 Å². The number of carbonyl (C=O) groups is 2. The number of hydrogen-bond donors (Lipinski definition) is 1. The number of anilines is 1. The van der Waals surface area contributed by atoms with Crippen LogP contribution >= 0.6 is 11.3 Å². The molecule has 1 aromatic heterocycles. The average molecular weight is 404 g/mol. The molecule has 1 atom stereocenters. The Labute approximate surface area is 172 Å². The third-order valence-electron chi connectivity index (χ3n) is 5.47. The molecule has 2 aliphatic rings. The summed E-state index contributed by atoms with van der Waals surface area (Å²) >= 11 is 1.58. The smallest absolute Gasteiger partial charge is 0.249 e. The SMILES string of the molecule is O=C(Nc1ccc2c(c1)Cc1ccccc1-2)[C@@H]1COCC(=O)N1Cc1cccs1. The number of thiophene rings is 1. The van der Waals surface area contributed by atoms with Crippen LogP contribution in [0.5, 0.6) is 0 Å². The van der Waals surface area contributed by atoms with Gasteiger partial charge in [0.25, 0.3) is 0 Å². The highest BCUT2D eigenvalue weighted by Crippen LogP contribution is 2.37. The van der Waals surface area contributed by atoms with Crippen LogP contribution in [0.3, 0.4) is 0 Å². The molecule has 0 spiro atoms. The van der Waals surface area contributed by atoms with Gasteiger partial charge in [0.2, 0.25) is 11.8 Å². The van der Waals surface area contributed by atoms with E-state index in [4.69, 9.17) is 4.74 Å². The number of carbonyl (C=O) groups excluding carboxylic acids is 2. The summed E-state index contributed by atoms with van der Waals surface area (Å²) in [6, 6.07) is 17.7. The highest BCUT2D eigenvalue weighted by Gasteiger charge is 2.34. The fourth-order valence-corrected chi connectivity index (χ4v) is 4.74. The van der Waals surface area contributed by atoms with Gasteiger partial charge in [-0.05, 0) is 52.3 Å². The first-order valence-corrected chi connectivity index (χ1v) is 10.5. The Kier molecular flexibility index (Phi) is 4.66. The lowest BCUT2D eigenvalue weighted by molar-refractivity contribution is -0.153. The quantitative estimate of drug-likeness (QED) is 0.564. The molecule has 3 aromatic rings. The summed E-state index contributed by atoms with van der Waals surface area (Å²) in [5.74, 6) is -0.376. The van der Waals surface area contributed by atoms with Crippen LogP contribution in [0.2, 0.25) is 0 Å². The Morgan fingerprint density at radius 2 is 1.97 bits per heavy atom. The van der Waals surface area contributed by atoms with Crippen molar-refractivity contribution < 1.29 is 14.3 Å². The van der Waals surface area contributed by atoms with E-state index >= 15 is 0 Å². The summed E-state index contributed by atoms with van der Waals surface area (Å²) in [6.45, 7) is 0.656. The third kappa shape index (κ3) is 3.45. The number of hydrogen-bond acceptors (Lipinski definition) is 4. The molecule has 0 bridgehead atoms. The van der Waals surface area contributed by atoms with Crippen LogP contribution in [0.1, 0.15) is 16.0 Å². The van der Waals surface area contributed by atoms with Gasteiger partial charge in [-0.15, -0.1) is 11.3 Å². The fraction of sp³-hybridized carbons (Fsp3) is 0.217. The van der Waals surface area contributed by atoms with Crippen molar-refractivity contribution in [3.63, 3.8) is 0 Å². The molecule has 2 heterocycles. The largest absolute Gasteiger partial charge is 0.369 e. The fourth-order valence-electron chi connectivity index (χ4n) is 4.04. The molecule has 0 unspecified atom stereocenters. The molecule has 2 aromatic carbocycles. The molecular formula is C23H20N2O3S. The zero-order valence-corrected chi connectivity index (χ0v) is 16.6. The van der Waals surface area contributed by atoms with Gasteiger partial charge in [-0.3, -0.25) is 9.59 Å². The first kappa shape index (κ1) is 18.1. The number of nitrogens with zero attached hydrogens (tertiary/aromatic N) is 1. The second kappa shape index (κ2) is 7.46. The minimum absolute atomic E-state index is 0.0201. The van der Waals surface area contributed by atoms with Crippen LogP contribution in [0.25, 0.3) is 11.1 Å². The minimum Gasteiger partial charge on any atom is -0.369 e. The van der Waals surface area contributed by atoms with Gasteiger partial charge >= 0.3 is 0 Å². The van der Waals surface area contributed by atoms with Gasteiger partial charge in [-0.2, -0.15) is 0 Å². The van der Waals surface area contributed by atoms with Crippen LogP contribution in [-0.2, 0) is 27.3 Å². The summed E-state index contributed by atoms with van der Waals surface area (Å²) in [6.07, 6.45) is 0.866. The first-order chi connectivity index (χ1) is 14.2. The van der Waals surface area contributed by atoms with E-state index in [1.54, 1.807) is 16.2 Å². The Morgan fingerprint density at radius 1 is 1.10 bits per heavy atom. The van der Waals surface area contributed by atoms with Crippen LogP contribution in [0.15, 0.2) is 60.0 Å². The molecule has 1 aliphatic heterocycles. The van der Waals surface area contributed by atoms with Crippen molar-refractivity contribution in [2.75, 3.05) is 18.5 Å². The summed E-state index contributed by atoms with van der Waals surface area (Å²) in [5, 5.41) is 4.96. The summed E-state index contributed by atoms with van der Waals surface area (Å²) in [4.78, 5) is 28.0. The van der Waals surface area contributed by atoms with E-state index in [9.17, 15) is 9.59 Å². The number of nitrogens with one attached hydrogen (secondary N) is 1. The lowest BCUT2D eigenvalue weighted by Gasteiger charge is -2.34. The normalized spacial score (nSPS) is 17.7. The molecule has 1 fully saturated rings. The minimum atomic E-state index is -0.635. The standard InChI is InChI=1S/C23H20N2O3S/c26-22-14-28-13-21(25(22)12-18-5-3-9-29-18)23(27)24-17-7-8-20-16(11-17)10-15-4-1-2-6-19(15)20/h1-9,11,21H,10,12-14H2,(H,24,27)/t21-/m0/s1. The molecule has 146 valence electrons. The summed E-state index contributed by atoms with van der Waals surface area (Å²) < 4.78 is 5.37. The molecular weight excluding hydrogens is 384 g/mol. The molecule has 1 N–H and O–H groups in total. The number of benzene rings is 2. The zero-order chi connectivity index (χ0) is 19.8. The predicted octanol–water partition coefficient (Wildman–Crippen LogP) is 3.69. The van der Waals surface area contributed by atoms with Gasteiger partial charge in [0.15, 0.2) is 0 Å². The maximum atomic E-state index is 13.0. The molecule has 2 amide bonds. The number of morpholine rings is 1. The van der Waals surface area contributed by atoms with E-state index in [0.717, 1.165) is 17.0 Å². The molecule has 29 heavy (non-hydrogen) atoms. The second-order valence-corrected chi connectivity index (χ2v) is 8.36. The van der Waals surface area contributed by atoms with E-state index in [2.05, 4.69) is 29.6 Å². The number of fused-ring (bicyclic) bond motifs is 3. The van der Waals surface area contributed by atoms with Crippen molar-refractivity contribution in [2.45, 2.75) is 19.0 Å². The van der Waals surface area contributed by atoms with Crippen LogP contribution in [-0.4, -0.2) is 36.0 Å². The lowest BCUT2D eigenvalue weighted by atomic mass is 10.1. The summed E-state index contributed by atoms with van der Waals surface area (Å²) in [7, 11) is 0. The van der Waals surface area contributed by atoms with Crippen molar-refractivity contribution in [2.24, 2.45) is 0 Å². The maximum absolute atomic E-state index is 13.0. The first-order valence-electron chi connectivity index (χ1n) is 9.61. The van der Waals surface area contributed by atoms with Gasteiger partial charge in [0, 0.05) is 10.6 Å². The van der Waals surface area contributed by atoms with E-state index in [1.807, 2.05) is 35.7 Å². The van der Waals surface area contributed by atoms with Crippen molar-refractivity contribution in [1.82, 2.24) is 4.90 Å². The van der Waals surface area contributed by atoms with E-state index in [-0.39, 0.29) is 25.0 Å². The maximum Gasteiger partial charge on any atom is 0.249 e. The van der Waals surface area contributed by atoms with Crippen molar-refractivity contribution in [3.05, 3.63) is 76.0 Å².